The van der Waals surface area contributed by atoms with Gasteiger partial charge in [-0.25, -0.2) is 4.98 Å². The Balaban J connectivity index is 2.21. The first kappa shape index (κ1) is 11.4. The lowest BCUT2D eigenvalue weighted by molar-refractivity contribution is 0.0635. The summed E-state index contributed by atoms with van der Waals surface area (Å²) >= 11 is 5.93. The van der Waals surface area contributed by atoms with Crippen molar-refractivity contribution in [2.24, 2.45) is 0 Å². The highest BCUT2D eigenvalue weighted by Gasteiger charge is 2.25. The van der Waals surface area contributed by atoms with Crippen LogP contribution in [-0.2, 0) is 0 Å². The van der Waals surface area contributed by atoms with Crippen molar-refractivity contribution in [1.82, 2.24) is 9.88 Å². The van der Waals surface area contributed by atoms with Crippen molar-refractivity contribution >= 4 is 17.5 Å². The summed E-state index contributed by atoms with van der Waals surface area (Å²) in [7, 11) is 0. The molecule has 0 aromatic carbocycles. The minimum absolute atomic E-state index is 0.00491. The SMILES string of the molecule is C[C@@H]1CCCCN1C(=O)c1cccnc1Cl. The predicted molar refractivity (Wildman–Crippen MR) is 63.6 cm³/mol. The van der Waals surface area contributed by atoms with Gasteiger partial charge in [-0.3, -0.25) is 4.79 Å². The van der Waals surface area contributed by atoms with Crippen LogP contribution in [0.1, 0.15) is 36.5 Å². The normalized spacial score (nSPS) is 20.9. The van der Waals surface area contributed by atoms with E-state index in [0.717, 1.165) is 19.4 Å². The maximum Gasteiger partial charge on any atom is 0.257 e. The lowest BCUT2D eigenvalue weighted by Crippen LogP contribution is -2.42. The molecule has 1 atom stereocenters. The summed E-state index contributed by atoms with van der Waals surface area (Å²) in [6.45, 7) is 2.91. The van der Waals surface area contributed by atoms with Crippen LogP contribution < -0.4 is 0 Å². The van der Waals surface area contributed by atoms with Gasteiger partial charge in [-0.2, -0.15) is 0 Å². The summed E-state index contributed by atoms with van der Waals surface area (Å²) in [5.41, 5.74) is 0.512. The highest BCUT2D eigenvalue weighted by molar-refractivity contribution is 6.32. The molecule has 86 valence electrons. The molecule has 0 spiro atoms. The molecule has 1 saturated heterocycles. The van der Waals surface area contributed by atoms with Crippen molar-refractivity contribution in [3.63, 3.8) is 0 Å². The fourth-order valence-corrected chi connectivity index (χ4v) is 2.30. The van der Waals surface area contributed by atoms with E-state index < -0.39 is 0 Å². The van der Waals surface area contributed by atoms with Crippen molar-refractivity contribution in [3.8, 4) is 0 Å². The maximum atomic E-state index is 12.2. The van der Waals surface area contributed by atoms with Crippen LogP contribution in [0.4, 0.5) is 0 Å². The fraction of sp³-hybridized carbons (Fsp3) is 0.500. The number of carbonyl (C=O) groups excluding carboxylic acids is 1. The van der Waals surface area contributed by atoms with Crippen LogP contribution in [-0.4, -0.2) is 28.4 Å². The lowest BCUT2D eigenvalue weighted by atomic mass is 10.0. The Morgan fingerprint density at radius 3 is 3.06 bits per heavy atom. The Labute approximate surface area is 100 Å². The molecule has 2 heterocycles. The van der Waals surface area contributed by atoms with Crippen LogP contribution in [0.5, 0.6) is 0 Å². The molecule has 1 amide bonds. The zero-order chi connectivity index (χ0) is 11.5. The van der Waals surface area contributed by atoms with Crippen molar-refractivity contribution in [1.29, 1.82) is 0 Å². The molecule has 1 aliphatic rings. The summed E-state index contributed by atoms with van der Waals surface area (Å²) in [6, 6.07) is 3.78. The lowest BCUT2D eigenvalue weighted by Gasteiger charge is -2.33. The summed E-state index contributed by atoms with van der Waals surface area (Å²) in [6.07, 6.45) is 4.95. The monoisotopic (exact) mass is 238 g/mol. The first-order valence-corrected chi connectivity index (χ1v) is 5.99. The van der Waals surface area contributed by atoms with E-state index in [2.05, 4.69) is 11.9 Å². The number of halogens is 1. The molecule has 1 fully saturated rings. The number of hydrogen-bond acceptors (Lipinski definition) is 2. The molecular weight excluding hydrogens is 224 g/mol. The number of amides is 1. The molecule has 0 unspecified atom stereocenters. The quantitative estimate of drug-likeness (QED) is 0.705. The molecule has 0 aliphatic carbocycles. The first-order valence-electron chi connectivity index (χ1n) is 5.61. The largest absolute Gasteiger partial charge is 0.336 e. The number of nitrogens with zero attached hydrogens (tertiary/aromatic N) is 2. The predicted octanol–water partition coefficient (Wildman–Crippen LogP) is 2.75. The van der Waals surface area contributed by atoms with Crippen LogP contribution in [0.25, 0.3) is 0 Å². The number of rotatable bonds is 1. The second kappa shape index (κ2) is 4.83. The number of hydrogen-bond donors (Lipinski definition) is 0. The second-order valence-corrected chi connectivity index (χ2v) is 4.54. The fourth-order valence-electron chi connectivity index (χ4n) is 2.10. The van der Waals surface area contributed by atoms with E-state index in [1.165, 1.54) is 6.42 Å². The topological polar surface area (TPSA) is 33.2 Å². The van der Waals surface area contributed by atoms with Gasteiger partial charge in [0.25, 0.3) is 5.91 Å². The van der Waals surface area contributed by atoms with Crippen LogP contribution in [0.3, 0.4) is 0 Å². The van der Waals surface area contributed by atoms with E-state index in [4.69, 9.17) is 11.6 Å². The molecule has 3 nitrogen and oxygen atoms in total. The Bertz CT molecular complexity index is 394. The smallest absolute Gasteiger partial charge is 0.257 e. The minimum atomic E-state index is 0.00491. The Hall–Kier alpha value is -1.09. The van der Waals surface area contributed by atoms with E-state index in [1.54, 1.807) is 18.3 Å². The molecule has 0 N–H and O–H groups in total. The van der Waals surface area contributed by atoms with E-state index in [0.29, 0.717) is 16.8 Å². The van der Waals surface area contributed by atoms with Gasteiger partial charge in [0.1, 0.15) is 5.15 Å². The van der Waals surface area contributed by atoms with Crippen LogP contribution in [0, 0.1) is 0 Å². The minimum Gasteiger partial charge on any atom is -0.336 e. The highest BCUT2D eigenvalue weighted by atomic mass is 35.5. The van der Waals surface area contributed by atoms with Gasteiger partial charge in [0.05, 0.1) is 5.56 Å². The number of piperidine rings is 1. The average molecular weight is 239 g/mol. The summed E-state index contributed by atoms with van der Waals surface area (Å²) in [4.78, 5) is 18.1. The molecular formula is C12H15ClN2O. The standard InChI is InChI=1S/C12H15ClN2O/c1-9-5-2-3-8-15(9)12(16)10-6-4-7-14-11(10)13/h4,6-7,9H,2-3,5,8H2,1H3/t9-/m1/s1. The summed E-state index contributed by atoms with van der Waals surface area (Å²) in [5, 5.41) is 0.297. The molecule has 4 heteroatoms. The van der Waals surface area contributed by atoms with Crippen molar-refractivity contribution in [2.45, 2.75) is 32.2 Å². The molecule has 2 rings (SSSR count). The summed E-state index contributed by atoms with van der Waals surface area (Å²) in [5.74, 6) is 0.00491. The molecule has 1 aliphatic heterocycles. The number of likely N-dealkylation sites (tertiary alicyclic amines) is 1. The van der Waals surface area contributed by atoms with Gasteiger partial charge < -0.3 is 4.90 Å². The van der Waals surface area contributed by atoms with Gasteiger partial charge in [0, 0.05) is 18.8 Å². The zero-order valence-corrected chi connectivity index (χ0v) is 10.1. The van der Waals surface area contributed by atoms with E-state index >= 15 is 0 Å². The van der Waals surface area contributed by atoms with Gasteiger partial charge in [-0.05, 0) is 38.3 Å². The third kappa shape index (κ3) is 2.19. The van der Waals surface area contributed by atoms with Gasteiger partial charge in [0.2, 0.25) is 0 Å². The summed E-state index contributed by atoms with van der Waals surface area (Å²) < 4.78 is 0. The van der Waals surface area contributed by atoms with E-state index in [-0.39, 0.29) is 5.91 Å². The van der Waals surface area contributed by atoms with Gasteiger partial charge in [0.15, 0.2) is 0 Å². The van der Waals surface area contributed by atoms with Crippen LogP contribution in [0.15, 0.2) is 18.3 Å². The molecule has 0 radical (unpaired) electrons. The van der Waals surface area contributed by atoms with Gasteiger partial charge >= 0.3 is 0 Å². The van der Waals surface area contributed by atoms with Crippen LogP contribution in [0.2, 0.25) is 5.15 Å². The van der Waals surface area contributed by atoms with Crippen molar-refractivity contribution in [2.75, 3.05) is 6.54 Å². The number of carbonyl (C=O) groups is 1. The number of aromatic nitrogens is 1. The van der Waals surface area contributed by atoms with Crippen molar-refractivity contribution < 1.29 is 4.79 Å². The molecule has 16 heavy (non-hydrogen) atoms. The van der Waals surface area contributed by atoms with Gasteiger partial charge in [-0.15, -0.1) is 0 Å². The zero-order valence-electron chi connectivity index (χ0n) is 9.32. The molecule has 1 aromatic rings. The van der Waals surface area contributed by atoms with E-state index in [1.807, 2.05) is 4.90 Å². The van der Waals surface area contributed by atoms with E-state index in [9.17, 15) is 4.79 Å². The molecule has 0 saturated carbocycles. The average Bonchev–Trinajstić information content (AvgIpc) is 2.29. The third-order valence-corrected chi connectivity index (χ3v) is 3.35. The first-order chi connectivity index (χ1) is 7.70. The maximum absolute atomic E-state index is 12.2. The Morgan fingerprint density at radius 1 is 1.56 bits per heavy atom. The molecule has 1 aromatic heterocycles. The second-order valence-electron chi connectivity index (χ2n) is 4.19. The Kier molecular flexibility index (Phi) is 3.44. The third-order valence-electron chi connectivity index (χ3n) is 3.05. The number of pyridine rings is 1. The molecule has 0 bridgehead atoms. The van der Waals surface area contributed by atoms with Gasteiger partial charge in [-0.1, -0.05) is 11.6 Å². The van der Waals surface area contributed by atoms with Crippen LogP contribution >= 0.6 is 11.6 Å². The van der Waals surface area contributed by atoms with Crippen molar-refractivity contribution in [3.05, 3.63) is 29.0 Å². The highest BCUT2D eigenvalue weighted by Crippen LogP contribution is 2.21. The Morgan fingerprint density at radius 2 is 2.38 bits per heavy atom.